The summed E-state index contributed by atoms with van der Waals surface area (Å²) in [7, 11) is 1.66. The largest absolute Gasteiger partial charge is 0.434 e. The van der Waals surface area contributed by atoms with Crippen LogP contribution >= 0.6 is 51.2 Å². The summed E-state index contributed by atoms with van der Waals surface area (Å²) in [6.07, 6.45) is 0.788. The van der Waals surface area contributed by atoms with Crippen LogP contribution in [-0.2, 0) is 13.0 Å². The molecule has 0 saturated carbocycles. The highest BCUT2D eigenvalue weighted by molar-refractivity contribution is 14.0. The fourth-order valence-electron chi connectivity index (χ4n) is 2.23. The van der Waals surface area contributed by atoms with Gasteiger partial charge in [-0.2, -0.15) is 8.78 Å². The van der Waals surface area contributed by atoms with Crippen LogP contribution < -0.4 is 15.4 Å². The minimum Gasteiger partial charge on any atom is -0.434 e. The molecule has 1 heterocycles. The van der Waals surface area contributed by atoms with E-state index in [9.17, 15) is 8.78 Å². The fourth-order valence-corrected chi connectivity index (χ4v) is 3.57. The number of nitrogens with zero attached hydrogens (tertiary/aromatic N) is 2. The van der Waals surface area contributed by atoms with Gasteiger partial charge in [-0.3, -0.25) is 4.99 Å². The molecule has 0 aliphatic heterocycles. The zero-order valence-corrected chi connectivity index (χ0v) is 19.9. The number of aryl methyl sites for hydroxylation is 2. The van der Waals surface area contributed by atoms with Crippen molar-refractivity contribution in [3.63, 3.8) is 0 Å². The summed E-state index contributed by atoms with van der Waals surface area (Å²) in [5.74, 6) is 0.720. The summed E-state index contributed by atoms with van der Waals surface area (Å²) in [6.45, 7) is 2.17. The Morgan fingerprint density at radius 3 is 2.67 bits per heavy atom. The van der Waals surface area contributed by atoms with Gasteiger partial charge in [-0.15, -0.1) is 35.3 Å². The van der Waals surface area contributed by atoms with Gasteiger partial charge in [0.2, 0.25) is 0 Å². The van der Waals surface area contributed by atoms with Gasteiger partial charge in [0.25, 0.3) is 0 Å². The van der Waals surface area contributed by atoms with Gasteiger partial charge in [0, 0.05) is 41.5 Å². The van der Waals surface area contributed by atoms with Gasteiger partial charge in [0.15, 0.2) is 5.96 Å². The molecule has 2 N–H and O–H groups in total. The van der Waals surface area contributed by atoms with Gasteiger partial charge in [0.05, 0.1) is 10.7 Å². The molecule has 0 aliphatic carbocycles. The Bertz CT molecular complexity index is 754. The van der Waals surface area contributed by atoms with Crippen LogP contribution in [0.1, 0.15) is 21.1 Å². The Labute approximate surface area is 187 Å². The molecule has 0 amide bonds. The minimum atomic E-state index is -2.86. The monoisotopic (exact) mass is 574 g/mol. The van der Waals surface area contributed by atoms with E-state index in [-0.39, 0.29) is 29.7 Å². The van der Waals surface area contributed by atoms with Crippen LogP contribution in [0.5, 0.6) is 5.75 Å². The lowest BCUT2D eigenvalue weighted by Crippen LogP contribution is -2.38. The van der Waals surface area contributed by atoms with Crippen LogP contribution in [0.4, 0.5) is 8.78 Å². The van der Waals surface area contributed by atoms with Crippen molar-refractivity contribution in [1.82, 2.24) is 15.6 Å². The van der Waals surface area contributed by atoms with E-state index in [1.54, 1.807) is 30.5 Å². The van der Waals surface area contributed by atoms with Crippen molar-refractivity contribution < 1.29 is 13.5 Å². The SMILES string of the molecule is CN=C(NCCc1nc(C)c(C)s1)NCc1cc(Br)ccc1OC(F)F.I. The van der Waals surface area contributed by atoms with Crippen LogP contribution in [-0.4, -0.2) is 31.1 Å². The number of halogens is 4. The van der Waals surface area contributed by atoms with Crippen LogP contribution in [0.2, 0.25) is 0 Å². The first-order valence-electron chi connectivity index (χ1n) is 7.99. The Balaban J connectivity index is 0.00000364. The fraction of sp³-hybridized carbons (Fsp3) is 0.412. The summed E-state index contributed by atoms with van der Waals surface area (Å²) >= 11 is 5.03. The van der Waals surface area contributed by atoms with E-state index in [1.165, 1.54) is 10.9 Å². The summed E-state index contributed by atoms with van der Waals surface area (Å²) in [6, 6.07) is 4.90. The van der Waals surface area contributed by atoms with Crippen molar-refractivity contribution >= 4 is 57.2 Å². The number of benzene rings is 1. The van der Waals surface area contributed by atoms with E-state index in [0.717, 1.165) is 21.6 Å². The minimum absolute atomic E-state index is 0. The van der Waals surface area contributed by atoms with Crippen LogP contribution in [0.25, 0.3) is 0 Å². The number of hydrogen-bond acceptors (Lipinski definition) is 4. The highest BCUT2D eigenvalue weighted by atomic mass is 127. The maximum atomic E-state index is 12.5. The molecule has 5 nitrogen and oxygen atoms in total. The summed E-state index contributed by atoms with van der Waals surface area (Å²) < 4.78 is 30.4. The average Bonchev–Trinajstić information content (AvgIpc) is 2.90. The van der Waals surface area contributed by atoms with E-state index in [2.05, 4.69) is 48.2 Å². The Morgan fingerprint density at radius 1 is 1.33 bits per heavy atom. The van der Waals surface area contributed by atoms with E-state index < -0.39 is 6.61 Å². The predicted molar refractivity (Wildman–Crippen MR) is 120 cm³/mol. The number of hydrogen-bond donors (Lipinski definition) is 2. The number of nitrogens with one attached hydrogen (secondary N) is 2. The van der Waals surface area contributed by atoms with Crippen LogP contribution in [0.3, 0.4) is 0 Å². The van der Waals surface area contributed by atoms with E-state index in [4.69, 9.17) is 0 Å². The van der Waals surface area contributed by atoms with Gasteiger partial charge in [-0.25, -0.2) is 4.98 Å². The molecule has 0 fully saturated rings. The lowest BCUT2D eigenvalue weighted by Gasteiger charge is -2.14. The molecule has 1 aromatic carbocycles. The summed E-state index contributed by atoms with van der Waals surface area (Å²) in [5.41, 5.74) is 1.67. The lowest BCUT2D eigenvalue weighted by molar-refractivity contribution is -0.0504. The van der Waals surface area contributed by atoms with Gasteiger partial charge >= 0.3 is 6.61 Å². The molecule has 2 rings (SSSR count). The average molecular weight is 575 g/mol. The predicted octanol–water partition coefficient (Wildman–Crippen LogP) is 4.65. The van der Waals surface area contributed by atoms with Crippen LogP contribution in [0, 0.1) is 13.8 Å². The zero-order chi connectivity index (χ0) is 19.1. The Hall–Kier alpha value is -1.01. The molecule has 0 aliphatic rings. The lowest BCUT2D eigenvalue weighted by atomic mass is 10.2. The number of aromatic nitrogens is 1. The maximum Gasteiger partial charge on any atom is 0.387 e. The maximum absolute atomic E-state index is 12.5. The third-order valence-electron chi connectivity index (χ3n) is 3.61. The van der Waals surface area contributed by atoms with Crippen LogP contribution in [0.15, 0.2) is 27.7 Å². The van der Waals surface area contributed by atoms with Gasteiger partial charge < -0.3 is 15.4 Å². The molecule has 0 bridgehead atoms. The van der Waals surface area contributed by atoms with Crippen molar-refractivity contribution in [3.05, 3.63) is 43.8 Å². The van der Waals surface area contributed by atoms with Crippen molar-refractivity contribution in [2.45, 2.75) is 33.4 Å². The van der Waals surface area contributed by atoms with Crippen molar-refractivity contribution in [2.75, 3.05) is 13.6 Å². The van der Waals surface area contributed by atoms with E-state index in [1.807, 2.05) is 6.92 Å². The molecular formula is C17H22BrF2IN4OS. The first-order chi connectivity index (χ1) is 12.4. The van der Waals surface area contributed by atoms with Crippen molar-refractivity contribution in [1.29, 1.82) is 0 Å². The number of thiazole rings is 1. The van der Waals surface area contributed by atoms with E-state index in [0.29, 0.717) is 24.6 Å². The molecule has 27 heavy (non-hydrogen) atoms. The standard InChI is InChI=1S/C17H21BrF2N4OS.HI/c1-10-11(2)26-15(24-10)6-7-22-17(21-3)23-9-12-8-13(18)4-5-14(12)25-16(19)20;/h4-5,8,16H,6-7,9H2,1-3H3,(H2,21,22,23);1H. The first kappa shape index (κ1) is 24.0. The third-order valence-corrected chi connectivity index (χ3v) is 5.24. The number of guanidine groups is 1. The molecule has 1 aromatic heterocycles. The quantitative estimate of drug-likeness (QED) is 0.287. The number of ether oxygens (including phenoxy) is 1. The molecule has 10 heteroatoms. The molecule has 0 unspecified atom stereocenters. The Morgan fingerprint density at radius 2 is 2.07 bits per heavy atom. The second-order valence-electron chi connectivity index (χ2n) is 5.48. The third kappa shape index (κ3) is 7.86. The van der Waals surface area contributed by atoms with E-state index >= 15 is 0 Å². The smallest absolute Gasteiger partial charge is 0.387 e. The van der Waals surface area contributed by atoms with Crippen molar-refractivity contribution in [2.24, 2.45) is 4.99 Å². The molecule has 0 radical (unpaired) electrons. The Kier molecular flexibility index (Phi) is 10.5. The summed E-state index contributed by atoms with van der Waals surface area (Å²) in [5, 5.41) is 7.37. The second-order valence-corrected chi connectivity index (χ2v) is 7.69. The zero-order valence-electron chi connectivity index (χ0n) is 15.2. The highest BCUT2D eigenvalue weighted by Gasteiger charge is 2.11. The topological polar surface area (TPSA) is 58.5 Å². The molecular weight excluding hydrogens is 553 g/mol. The van der Waals surface area contributed by atoms with Gasteiger partial charge in [0.1, 0.15) is 5.75 Å². The van der Waals surface area contributed by atoms with Gasteiger partial charge in [-0.1, -0.05) is 15.9 Å². The normalized spacial score (nSPS) is 11.3. The first-order valence-corrected chi connectivity index (χ1v) is 9.60. The molecule has 0 spiro atoms. The summed E-state index contributed by atoms with van der Waals surface area (Å²) in [4.78, 5) is 9.87. The molecule has 0 atom stereocenters. The number of alkyl halides is 2. The second kappa shape index (κ2) is 11.7. The van der Waals surface area contributed by atoms with Crippen molar-refractivity contribution in [3.8, 4) is 5.75 Å². The number of rotatable bonds is 7. The molecule has 150 valence electrons. The van der Waals surface area contributed by atoms with Gasteiger partial charge in [-0.05, 0) is 32.0 Å². The number of aliphatic imine (C=N–C) groups is 1. The molecule has 0 saturated heterocycles. The molecule has 2 aromatic rings. The highest BCUT2D eigenvalue weighted by Crippen LogP contribution is 2.24.